The third-order valence-corrected chi connectivity index (χ3v) is 4.25. The van der Waals surface area contributed by atoms with E-state index in [2.05, 4.69) is 9.97 Å². The van der Waals surface area contributed by atoms with Gasteiger partial charge in [0, 0.05) is 18.0 Å². The minimum absolute atomic E-state index is 0.142. The first kappa shape index (κ1) is 14.4. The van der Waals surface area contributed by atoms with E-state index in [-0.39, 0.29) is 10.7 Å². The zero-order chi connectivity index (χ0) is 15.7. The summed E-state index contributed by atoms with van der Waals surface area (Å²) in [5, 5.41) is 0. The second-order valence-electron chi connectivity index (χ2n) is 4.78. The Morgan fingerprint density at radius 1 is 1.14 bits per heavy atom. The summed E-state index contributed by atoms with van der Waals surface area (Å²) in [7, 11) is -3.29. The monoisotopic (exact) mass is 317 g/mol. The lowest BCUT2D eigenvalue weighted by Gasteiger charge is -2.08. The maximum absolute atomic E-state index is 13.4. The smallest absolute Gasteiger partial charge is 0.177 e. The van der Waals surface area contributed by atoms with Gasteiger partial charge in [0.25, 0.3) is 0 Å². The van der Waals surface area contributed by atoms with Crippen LogP contribution in [0.4, 0.5) is 4.39 Å². The third-order valence-electron chi connectivity index (χ3n) is 3.15. The summed E-state index contributed by atoms with van der Waals surface area (Å²) in [4.78, 5) is 8.35. The lowest BCUT2D eigenvalue weighted by Crippen LogP contribution is -2.02. The van der Waals surface area contributed by atoms with Crippen LogP contribution in [-0.2, 0) is 9.84 Å². The summed E-state index contributed by atoms with van der Waals surface area (Å²) < 4.78 is 37.9. The molecular formula is C15H12FN3O2S. The van der Waals surface area contributed by atoms with Gasteiger partial charge in [0.2, 0.25) is 0 Å². The van der Waals surface area contributed by atoms with Crippen molar-refractivity contribution in [3.8, 4) is 17.1 Å². The molecule has 0 aliphatic carbocycles. The lowest BCUT2D eigenvalue weighted by atomic mass is 10.1. The summed E-state index contributed by atoms with van der Waals surface area (Å²) in [5.74, 6) is 0.162. The Balaban J connectivity index is 2.06. The van der Waals surface area contributed by atoms with Gasteiger partial charge >= 0.3 is 0 Å². The van der Waals surface area contributed by atoms with Crippen LogP contribution in [0.15, 0.2) is 60.0 Å². The largest absolute Gasteiger partial charge is 0.283 e. The lowest BCUT2D eigenvalue weighted by molar-refractivity contribution is 0.601. The van der Waals surface area contributed by atoms with Gasteiger partial charge in [-0.1, -0.05) is 12.1 Å². The number of hydrogen-bond donors (Lipinski definition) is 0. The summed E-state index contributed by atoms with van der Waals surface area (Å²) in [5.41, 5.74) is 1.32. The van der Waals surface area contributed by atoms with E-state index in [1.165, 1.54) is 24.4 Å². The first-order chi connectivity index (χ1) is 10.4. The van der Waals surface area contributed by atoms with Crippen molar-refractivity contribution >= 4 is 9.84 Å². The fourth-order valence-electron chi connectivity index (χ4n) is 2.07. The highest BCUT2D eigenvalue weighted by Crippen LogP contribution is 2.22. The minimum Gasteiger partial charge on any atom is -0.283 e. The summed E-state index contributed by atoms with van der Waals surface area (Å²) >= 11 is 0. The van der Waals surface area contributed by atoms with Gasteiger partial charge in [0.1, 0.15) is 18.0 Å². The predicted molar refractivity (Wildman–Crippen MR) is 79.9 cm³/mol. The Bertz CT molecular complexity index is 918. The number of imidazole rings is 1. The van der Waals surface area contributed by atoms with E-state index in [1.807, 2.05) is 0 Å². The van der Waals surface area contributed by atoms with Crippen LogP contribution < -0.4 is 0 Å². The molecule has 2 aromatic heterocycles. The van der Waals surface area contributed by atoms with Crippen LogP contribution in [0.25, 0.3) is 17.1 Å². The highest BCUT2D eigenvalue weighted by molar-refractivity contribution is 7.90. The Labute approximate surface area is 127 Å². The Morgan fingerprint density at radius 3 is 2.59 bits per heavy atom. The average molecular weight is 317 g/mol. The predicted octanol–water partition coefficient (Wildman–Crippen LogP) is 2.48. The Hall–Kier alpha value is -2.54. The van der Waals surface area contributed by atoms with Crippen molar-refractivity contribution in [3.05, 3.63) is 60.9 Å². The van der Waals surface area contributed by atoms with Gasteiger partial charge in [-0.05, 0) is 24.3 Å². The molecule has 3 aromatic rings. The number of halogens is 1. The van der Waals surface area contributed by atoms with Gasteiger partial charge in [-0.2, -0.15) is 0 Å². The van der Waals surface area contributed by atoms with Crippen LogP contribution in [0.3, 0.4) is 0 Å². The molecule has 0 saturated carbocycles. The average Bonchev–Trinajstić information content (AvgIpc) is 2.96. The van der Waals surface area contributed by atoms with Crippen molar-refractivity contribution in [2.24, 2.45) is 0 Å². The number of sulfone groups is 1. The molecular weight excluding hydrogens is 305 g/mol. The number of pyridine rings is 1. The molecule has 5 nitrogen and oxygen atoms in total. The van der Waals surface area contributed by atoms with Gasteiger partial charge in [-0.25, -0.2) is 22.8 Å². The SMILES string of the molecule is CS(=O)(=O)c1ccc(-n2cncc2-c2cccc(F)c2)nc1. The van der Waals surface area contributed by atoms with Crippen LogP contribution in [0.5, 0.6) is 0 Å². The quantitative estimate of drug-likeness (QED) is 0.744. The number of hydrogen-bond acceptors (Lipinski definition) is 4. The molecule has 0 radical (unpaired) electrons. The van der Waals surface area contributed by atoms with Crippen molar-refractivity contribution in [1.82, 2.24) is 14.5 Å². The topological polar surface area (TPSA) is 64.8 Å². The molecule has 0 bridgehead atoms. The Kier molecular flexibility index (Phi) is 3.50. The number of aromatic nitrogens is 3. The summed E-state index contributed by atoms with van der Waals surface area (Å²) in [6.07, 6.45) is 5.56. The molecule has 2 heterocycles. The normalized spacial score (nSPS) is 11.5. The van der Waals surface area contributed by atoms with Gasteiger partial charge in [-0.15, -0.1) is 0 Å². The molecule has 0 aliphatic rings. The summed E-state index contributed by atoms with van der Waals surface area (Å²) in [6, 6.07) is 9.21. The maximum Gasteiger partial charge on any atom is 0.177 e. The zero-order valence-electron chi connectivity index (χ0n) is 11.6. The molecule has 0 saturated heterocycles. The van der Waals surface area contributed by atoms with Crippen molar-refractivity contribution in [2.45, 2.75) is 4.90 Å². The highest BCUT2D eigenvalue weighted by atomic mass is 32.2. The number of rotatable bonds is 3. The highest BCUT2D eigenvalue weighted by Gasteiger charge is 2.11. The number of benzene rings is 1. The van der Waals surface area contributed by atoms with Crippen LogP contribution in [0, 0.1) is 5.82 Å². The molecule has 112 valence electrons. The van der Waals surface area contributed by atoms with Crippen LogP contribution >= 0.6 is 0 Å². The van der Waals surface area contributed by atoms with Crippen LogP contribution in [0.1, 0.15) is 0 Å². The van der Waals surface area contributed by atoms with E-state index in [9.17, 15) is 12.8 Å². The molecule has 7 heteroatoms. The van der Waals surface area contributed by atoms with Crippen LogP contribution in [0.2, 0.25) is 0 Å². The zero-order valence-corrected chi connectivity index (χ0v) is 12.5. The van der Waals surface area contributed by atoms with Crippen molar-refractivity contribution < 1.29 is 12.8 Å². The van der Waals surface area contributed by atoms with Crippen LogP contribution in [-0.4, -0.2) is 29.2 Å². The molecule has 0 fully saturated rings. The first-order valence-electron chi connectivity index (χ1n) is 6.40. The van der Waals surface area contributed by atoms with E-state index in [0.29, 0.717) is 17.1 Å². The van der Waals surface area contributed by atoms with Crippen molar-refractivity contribution in [3.63, 3.8) is 0 Å². The first-order valence-corrected chi connectivity index (χ1v) is 8.29. The molecule has 22 heavy (non-hydrogen) atoms. The molecule has 0 aliphatic heterocycles. The van der Waals surface area contributed by atoms with Gasteiger partial charge in [0.05, 0.1) is 16.8 Å². The molecule has 0 N–H and O–H groups in total. The fraction of sp³-hybridized carbons (Fsp3) is 0.0667. The standard InChI is InChI=1S/C15H12FN3O2S/c1-22(20,21)13-5-6-15(18-8-13)19-10-17-9-14(19)11-3-2-4-12(16)7-11/h2-10H,1H3. The van der Waals surface area contributed by atoms with Crippen molar-refractivity contribution in [1.29, 1.82) is 0 Å². The van der Waals surface area contributed by atoms with Gasteiger partial charge in [-0.3, -0.25) is 4.57 Å². The molecule has 0 amide bonds. The van der Waals surface area contributed by atoms with E-state index in [4.69, 9.17) is 0 Å². The van der Waals surface area contributed by atoms with E-state index in [0.717, 1.165) is 6.26 Å². The van der Waals surface area contributed by atoms with E-state index >= 15 is 0 Å². The van der Waals surface area contributed by atoms with Gasteiger partial charge < -0.3 is 0 Å². The van der Waals surface area contributed by atoms with Gasteiger partial charge in [0.15, 0.2) is 9.84 Å². The van der Waals surface area contributed by atoms with E-state index < -0.39 is 9.84 Å². The third kappa shape index (κ3) is 2.75. The Morgan fingerprint density at radius 2 is 1.95 bits per heavy atom. The number of nitrogens with zero attached hydrogens (tertiary/aromatic N) is 3. The van der Waals surface area contributed by atoms with Crippen molar-refractivity contribution in [2.75, 3.05) is 6.26 Å². The molecule has 0 unspecified atom stereocenters. The molecule has 3 rings (SSSR count). The van der Waals surface area contributed by atoms with E-state index in [1.54, 1.807) is 35.3 Å². The maximum atomic E-state index is 13.4. The molecule has 1 aromatic carbocycles. The molecule has 0 atom stereocenters. The second-order valence-corrected chi connectivity index (χ2v) is 6.80. The second kappa shape index (κ2) is 5.34. The minimum atomic E-state index is -3.29. The summed E-state index contributed by atoms with van der Waals surface area (Å²) in [6.45, 7) is 0. The molecule has 0 spiro atoms. The fourth-order valence-corrected chi connectivity index (χ4v) is 2.63.